The molecule has 1 aromatic carbocycles. The van der Waals surface area contributed by atoms with E-state index in [2.05, 4.69) is 45.4 Å². The van der Waals surface area contributed by atoms with Gasteiger partial charge in [-0.05, 0) is 44.0 Å². The molecule has 0 radical (unpaired) electrons. The highest BCUT2D eigenvalue weighted by Gasteiger charge is 2.03. The first-order valence-corrected chi connectivity index (χ1v) is 7.92. The van der Waals surface area contributed by atoms with Crippen molar-refractivity contribution in [3.63, 3.8) is 0 Å². The monoisotopic (exact) mass is 434 g/mol. The third kappa shape index (κ3) is 8.38. The van der Waals surface area contributed by atoms with Crippen LogP contribution in [-0.2, 0) is 0 Å². The van der Waals surface area contributed by atoms with Crippen molar-refractivity contribution in [1.82, 2.24) is 10.6 Å². The molecule has 0 heterocycles. The van der Waals surface area contributed by atoms with Gasteiger partial charge in [0.05, 0.1) is 0 Å². The molecule has 0 aliphatic carbocycles. The van der Waals surface area contributed by atoms with Crippen LogP contribution in [0.1, 0.15) is 37.0 Å². The standard InChI is InChI=1S/C15H23BrN4O.BrH/c1-3-11(2)20-15(17)19-10-4-9-18-14(21)12-5-7-13(16)8-6-12;/h5-8,11H,3-4,9-10H2,1-2H3,(H,18,21)(H3,17,19,20);1H. The molecule has 1 rings (SSSR count). The number of hydrogen-bond donors (Lipinski definition) is 3. The van der Waals surface area contributed by atoms with Gasteiger partial charge in [-0.2, -0.15) is 0 Å². The molecule has 22 heavy (non-hydrogen) atoms. The zero-order chi connectivity index (χ0) is 15.7. The molecule has 1 unspecified atom stereocenters. The third-order valence-electron chi connectivity index (χ3n) is 3.02. The van der Waals surface area contributed by atoms with Crippen molar-refractivity contribution in [2.24, 2.45) is 10.7 Å². The number of nitrogens with zero attached hydrogens (tertiary/aromatic N) is 1. The molecule has 0 aromatic heterocycles. The summed E-state index contributed by atoms with van der Waals surface area (Å²) in [4.78, 5) is 16.1. The van der Waals surface area contributed by atoms with Gasteiger partial charge < -0.3 is 16.4 Å². The first kappa shape index (κ1) is 20.9. The van der Waals surface area contributed by atoms with Gasteiger partial charge in [0, 0.05) is 29.2 Å². The van der Waals surface area contributed by atoms with E-state index in [9.17, 15) is 4.79 Å². The minimum Gasteiger partial charge on any atom is -0.370 e. The fourth-order valence-electron chi connectivity index (χ4n) is 1.58. The molecule has 1 aromatic rings. The second-order valence-corrected chi connectivity index (χ2v) is 5.75. The number of amides is 1. The molecule has 1 atom stereocenters. The SMILES string of the molecule is Br.CCC(C)NC(N)=NCCCNC(=O)c1ccc(Br)cc1. The largest absolute Gasteiger partial charge is 0.370 e. The zero-order valence-electron chi connectivity index (χ0n) is 12.9. The molecule has 0 bridgehead atoms. The van der Waals surface area contributed by atoms with Crippen molar-refractivity contribution in [3.8, 4) is 0 Å². The predicted octanol–water partition coefficient (Wildman–Crippen LogP) is 2.85. The van der Waals surface area contributed by atoms with E-state index in [1.807, 2.05) is 12.1 Å². The number of rotatable bonds is 7. The maximum Gasteiger partial charge on any atom is 0.251 e. The minimum absolute atomic E-state index is 0. The van der Waals surface area contributed by atoms with Gasteiger partial charge in [0.25, 0.3) is 5.91 Å². The number of aliphatic imine (C=N–C) groups is 1. The molecule has 1 amide bonds. The van der Waals surface area contributed by atoms with Gasteiger partial charge in [-0.1, -0.05) is 22.9 Å². The van der Waals surface area contributed by atoms with Crippen LogP contribution >= 0.6 is 32.9 Å². The van der Waals surface area contributed by atoms with Crippen LogP contribution in [0, 0.1) is 0 Å². The molecule has 0 aliphatic heterocycles. The van der Waals surface area contributed by atoms with Crippen LogP contribution in [0.15, 0.2) is 33.7 Å². The van der Waals surface area contributed by atoms with E-state index in [0.717, 1.165) is 17.3 Å². The summed E-state index contributed by atoms with van der Waals surface area (Å²) in [6.07, 6.45) is 1.75. The number of halogens is 2. The Bertz CT molecular complexity index is 477. The van der Waals surface area contributed by atoms with E-state index in [1.54, 1.807) is 12.1 Å². The van der Waals surface area contributed by atoms with Gasteiger partial charge in [-0.3, -0.25) is 9.79 Å². The summed E-state index contributed by atoms with van der Waals surface area (Å²) in [7, 11) is 0. The summed E-state index contributed by atoms with van der Waals surface area (Å²) < 4.78 is 0.956. The van der Waals surface area contributed by atoms with Gasteiger partial charge in [-0.15, -0.1) is 17.0 Å². The van der Waals surface area contributed by atoms with Gasteiger partial charge in [0.1, 0.15) is 0 Å². The lowest BCUT2D eigenvalue weighted by molar-refractivity contribution is 0.0953. The van der Waals surface area contributed by atoms with E-state index in [-0.39, 0.29) is 22.9 Å². The number of nitrogens with two attached hydrogens (primary N) is 1. The Morgan fingerprint density at radius 2 is 2.00 bits per heavy atom. The Labute approximate surface area is 151 Å². The van der Waals surface area contributed by atoms with Crippen molar-refractivity contribution in [3.05, 3.63) is 34.3 Å². The van der Waals surface area contributed by atoms with Crippen molar-refractivity contribution >= 4 is 44.8 Å². The summed E-state index contributed by atoms with van der Waals surface area (Å²) >= 11 is 3.34. The number of guanidine groups is 1. The fourth-order valence-corrected chi connectivity index (χ4v) is 1.85. The van der Waals surface area contributed by atoms with Crippen LogP contribution in [0.3, 0.4) is 0 Å². The minimum atomic E-state index is -0.0721. The van der Waals surface area contributed by atoms with Crippen LogP contribution in [0.2, 0.25) is 0 Å². The topological polar surface area (TPSA) is 79.5 Å². The summed E-state index contributed by atoms with van der Waals surface area (Å²) in [6, 6.07) is 7.59. The summed E-state index contributed by atoms with van der Waals surface area (Å²) in [5.41, 5.74) is 6.40. The molecular formula is C15H24Br2N4O. The lowest BCUT2D eigenvalue weighted by Gasteiger charge is -2.11. The van der Waals surface area contributed by atoms with Crippen LogP contribution in [0.25, 0.3) is 0 Å². The van der Waals surface area contributed by atoms with Gasteiger partial charge in [-0.25, -0.2) is 0 Å². The smallest absolute Gasteiger partial charge is 0.251 e. The molecule has 0 spiro atoms. The van der Waals surface area contributed by atoms with Gasteiger partial charge >= 0.3 is 0 Å². The van der Waals surface area contributed by atoms with Crippen molar-refractivity contribution in [1.29, 1.82) is 0 Å². The molecule has 124 valence electrons. The average Bonchev–Trinajstić information content (AvgIpc) is 2.47. The molecule has 0 saturated heterocycles. The van der Waals surface area contributed by atoms with E-state index in [0.29, 0.717) is 30.7 Å². The van der Waals surface area contributed by atoms with Crippen LogP contribution < -0.4 is 16.4 Å². The Morgan fingerprint density at radius 1 is 1.36 bits per heavy atom. The van der Waals surface area contributed by atoms with Gasteiger partial charge in [0.15, 0.2) is 5.96 Å². The first-order valence-electron chi connectivity index (χ1n) is 7.13. The predicted molar refractivity (Wildman–Crippen MR) is 101 cm³/mol. The Balaban J connectivity index is 0.00000441. The number of carbonyl (C=O) groups is 1. The normalized spacial score (nSPS) is 12.2. The van der Waals surface area contributed by atoms with Crippen molar-refractivity contribution in [2.45, 2.75) is 32.7 Å². The molecular weight excluding hydrogens is 412 g/mol. The first-order chi connectivity index (χ1) is 10.0. The van der Waals surface area contributed by atoms with Crippen LogP contribution in [-0.4, -0.2) is 31.0 Å². The Morgan fingerprint density at radius 3 is 2.59 bits per heavy atom. The average molecular weight is 436 g/mol. The van der Waals surface area contributed by atoms with Crippen LogP contribution in [0.4, 0.5) is 0 Å². The highest BCUT2D eigenvalue weighted by molar-refractivity contribution is 9.10. The van der Waals surface area contributed by atoms with Crippen molar-refractivity contribution in [2.75, 3.05) is 13.1 Å². The Kier molecular flexibility index (Phi) is 10.9. The lowest BCUT2D eigenvalue weighted by atomic mass is 10.2. The zero-order valence-corrected chi connectivity index (χ0v) is 16.2. The van der Waals surface area contributed by atoms with Crippen LogP contribution in [0.5, 0.6) is 0 Å². The highest BCUT2D eigenvalue weighted by atomic mass is 79.9. The van der Waals surface area contributed by atoms with E-state index in [4.69, 9.17) is 5.73 Å². The maximum atomic E-state index is 11.8. The molecule has 5 nitrogen and oxygen atoms in total. The molecule has 0 aliphatic rings. The highest BCUT2D eigenvalue weighted by Crippen LogP contribution is 2.10. The third-order valence-corrected chi connectivity index (χ3v) is 3.54. The Hall–Kier alpha value is -1.08. The fraction of sp³-hybridized carbons (Fsp3) is 0.467. The quantitative estimate of drug-likeness (QED) is 0.350. The number of carbonyl (C=O) groups excluding carboxylic acids is 1. The number of hydrogen-bond acceptors (Lipinski definition) is 2. The number of nitrogens with one attached hydrogen (secondary N) is 2. The van der Waals surface area contributed by atoms with E-state index >= 15 is 0 Å². The summed E-state index contributed by atoms with van der Waals surface area (Å²) in [5.74, 6) is 0.390. The van der Waals surface area contributed by atoms with E-state index < -0.39 is 0 Å². The summed E-state index contributed by atoms with van der Waals surface area (Å²) in [5, 5.41) is 5.96. The van der Waals surface area contributed by atoms with Crippen molar-refractivity contribution < 1.29 is 4.79 Å². The molecule has 7 heteroatoms. The summed E-state index contributed by atoms with van der Waals surface area (Å²) in [6.45, 7) is 5.31. The van der Waals surface area contributed by atoms with E-state index in [1.165, 1.54) is 0 Å². The maximum absolute atomic E-state index is 11.8. The molecule has 0 fully saturated rings. The molecule has 0 saturated carbocycles. The number of benzene rings is 1. The second kappa shape index (κ2) is 11.5. The van der Waals surface area contributed by atoms with Gasteiger partial charge in [0.2, 0.25) is 0 Å². The lowest BCUT2D eigenvalue weighted by Crippen LogP contribution is -2.38. The second-order valence-electron chi connectivity index (χ2n) is 4.84. The molecule has 4 N–H and O–H groups in total.